The summed E-state index contributed by atoms with van der Waals surface area (Å²) in [7, 11) is 0. The second-order valence-electron chi connectivity index (χ2n) is 10.2. The molecule has 2 heterocycles. The van der Waals surface area contributed by atoms with Crippen molar-refractivity contribution in [3.05, 3.63) is 117 Å². The Balaban J connectivity index is 1.38. The van der Waals surface area contributed by atoms with Crippen molar-refractivity contribution in [3.63, 3.8) is 0 Å². The normalized spacial score (nSPS) is 15.1. The monoisotopic (exact) mass is 618 g/mol. The molecule has 6 nitrogen and oxygen atoms in total. The van der Waals surface area contributed by atoms with Crippen LogP contribution in [0.3, 0.4) is 0 Å². The highest BCUT2D eigenvalue weighted by atomic mass is 19.4. The van der Waals surface area contributed by atoms with E-state index in [2.05, 4.69) is 0 Å². The summed E-state index contributed by atoms with van der Waals surface area (Å²) in [4.78, 5) is 54.8. The number of rotatable bonds is 4. The first-order valence-corrected chi connectivity index (χ1v) is 12.6. The standard InChI is InChI=1S/C30H14F8N2O4/c31-17-7-13(5-15(9-17)29(33,34)35)11-39-25(41)19-1-2-20-24-22(4-3-21(23(19)24)27(39)43)28(44)40(26(20)42)12-14-6-16(30(36,37)38)10-18(32)8-14/h1-10H,11-12H2. The fourth-order valence-corrected chi connectivity index (χ4v) is 5.44. The van der Waals surface area contributed by atoms with Crippen molar-refractivity contribution in [1.29, 1.82) is 0 Å². The van der Waals surface area contributed by atoms with Crippen LogP contribution in [0.1, 0.15) is 63.7 Å². The minimum absolute atomic E-state index is 0.0760. The highest BCUT2D eigenvalue weighted by molar-refractivity contribution is 6.33. The second-order valence-corrected chi connectivity index (χ2v) is 10.2. The molecule has 0 unspecified atom stereocenters. The Bertz CT molecular complexity index is 1750. The van der Waals surface area contributed by atoms with Gasteiger partial charge in [0.05, 0.1) is 24.2 Å². The predicted octanol–water partition coefficient (Wildman–Crippen LogP) is 6.75. The molecule has 0 N–H and O–H groups in total. The summed E-state index contributed by atoms with van der Waals surface area (Å²) in [5.74, 6) is -6.40. The van der Waals surface area contributed by atoms with Crippen LogP contribution < -0.4 is 0 Å². The van der Waals surface area contributed by atoms with Crippen molar-refractivity contribution in [3.8, 4) is 0 Å². The molecule has 14 heteroatoms. The Morgan fingerprint density at radius 3 is 1.05 bits per heavy atom. The van der Waals surface area contributed by atoms with Crippen molar-refractivity contribution >= 4 is 34.4 Å². The van der Waals surface area contributed by atoms with Crippen molar-refractivity contribution in [2.24, 2.45) is 0 Å². The van der Waals surface area contributed by atoms with Gasteiger partial charge in [0.1, 0.15) is 11.6 Å². The molecule has 4 aromatic rings. The van der Waals surface area contributed by atoms with Crippen LogP contribution in [0, 0.1) is 11.6 Å². The average molecular weight is 618 g/mol. The number of imide groups is 2. The lowest BCUT2D eigenvalue weighted by Gasteiger charge is -2.32. The molecular formula is C30H14F8N2O4. The van der Waals surface area contributed by atoms with Crippen LogP contribution in [0.25, 0.3) is 10.8 Å². The number of carbonyl (C=O) groups is 4. The van der Waals surface area contributed by atoms with E-state index in [-0.39, 0.29) is 56.3 Å². The lowest BCUT2D eigenvalue weighted by atomic mass is 9.85. The summed E-state index contributed by atoms with van der Waals surface area (Å²) in [5, 5.41) is -0.152. The number of nitrogens with zero attached hydrogens (tertiary/aromatic N) is 2. The third-order valence-corrected chi connectivity index (χ3v) is 7.31. The van der Waals surface area contributed by atoms with Crippen LogP contribution in [0.5, 0.6) is 0 Å². The van der Waals surface area contributed by atoms with Gasteiger partial charge in [-0.1, -0.05) is 0 Å². The summed E-state index contributed by atoms with van der Waals surface area (Å²) in [6.45, 7) is -1.44. The van der Waals surface area contributed by atoms with Crippen LogP contribution in [0.15, 0.2) is 60.7 Å². The van der Waals surface area contributed by atoms with Crippen LogP contribution in [0.2, 0.25) is 0 Å². The summed E-state index contributed by atoms with van der Waals surface area (Å²) in [5.41, 5.74) is -3.94. The van der Waals surface area contributed by atoms with Crippen LogP contribution in [0.4, 0.5) is 35.1 Å². The van der Waals surface area contributed by atoms with Gasteiger partial charge in [0.25, 0.3) is 23.6 Å². The number of halogens is 8. The lowest BCUT2D eigenvalue weighted by molar-refractivity contribution is -0.138. The third-order valence-electron chi connectivity index (χ3n) is 7.31. The van der Waals surface area contributed by atoms with E-state index in [9.17, 15) is 54.3 Å². The molecular weight excluding hydrogens is 604 g/mol. The van der Waals surface area contributed by atoms with Crippen LogP contribution in [-0.4, -0.2) is 33.4 Å². The number of benzene rings is 4. The topological polar surface area (TPSA) is 74.8 Å². The number of hydrogen-bond donors (Lipinski definition) is 0. The first-order chi connectivity index (χ1) is 20.5. The van der Waals surface area contributed by atoms with Gasteiger partial charge in [0.15, 0.2) is 0 Å². The summed E-state index contributed by atoms with van der Waals surface area (Å²) in [6, 6.07) is 7.86. The fourth-order valence-electron chi connectivity index (χ4n) is 5.44. The van der Waals surface area contributed by atoms with Gasteiger partial charge in [-0.3, -0.25) is 29.0 Å². The molecule has 0 radical (unpaired) electrons. The molecule has 4 amide bonds. The second kappa shape index (κ2) is 9.69. The zero-order chi connectivity index (χ0) is 31.9. The van der Waals surface area contributed by atoms with Gasteiger partial charge >= 0.3 is 12.4 Å². The van der Waals surface area contributed by atoms with Crippen molar-refractivity contribution in [2.45, 2.75) is 25.4 Å². The zero-order valence-corrected chi connectivity index (χ0v) is 21.7. The molecule has 0 atom stereocenters. The summed E-state index contributed by atoms with van der Waals surface area (Å²) < 4.78 is 107. The maximum Gasteiger partial charge on any atom is 0.416 e. The quantitative estimate of drug-likeness (QED) is 0.188. The van der Waals surface area contributed by atoms with E-state index in [0.29, 0.717) is 21.9 Å². The molecule has 0 aliphatic carbocycles. The van der Waals surface area contributed by atoms with Crippen LogP contribution >= 0.6 is 0 Å². The SMILES string of the molecule is O=C1c2ccc3c4c(ccc(c24)C(=O)N1Cc1cc(F)cc(C(F)(F)F)c1)C(=O)N(Cc1cc(F)cc(C(F)(F)F)c1)C3=O. The largest absolute Gasteiger partial charge is 0.416 e. The summed E-state index contributed by atoms with van der Waals surface area (Å²) in [6.07, 6.45) is -9.79. The Kier molecular flexibility index (Phi) is 6.38. The minimum Gasteiger partial charge on any atom is -0.270 e. The molecule has 2 aliphatic heterocycles. The van der Waals surface area contributed by atoms with Gasteiger partial charge in [-0.25, -0.2) is 8.78 Å². The maximum absolute atomic E-state index is 14.0. The number of hydrogen-bond acceptors (Lipinski definition) is 4. The molecule has 0 bridgehead atoms. The Morgan fingerprint density at radius 1 is 0.477 bits per heavy atom. The van der Waals surface area contributed by atoms with Gasteiger partial charge in [0, 0.05) is 33.0 Å². The molecule has 0 saturated carbocycles. The van der Waals surface area contributed by atoms with Gasteiger partial charge in [0.2, 0.25) is 0 Å². The molecule has 0 aromatic heterocycles. The van der Waals surface area contributed by atoms with E-state index >= 15 is 0 Å². The summed E-state index contributed by atoms with van der Waals surface area (Å²) >= 11 is 0. The first-order valence-electron chi connectivity index (χ1n) is 12.6. The Hall–Kier alpha value is -5.14. The molecule has 6 rings (SSSR count). The van der Waals surface area contributed by atoms with E-state index in [0.717, 1.165) is 36.4 Å². The zero-order valence-electron chi connectivity index (χ0n) is 21.7. The molecule has 0 saturated heterocycles. The average Bonchev–Trinajstić information content (AvgIpc) is 2.93. The first kappa shape index (κ1) is 29.0. The minimum atomic E-state index is -4.90. The lowest BCUT2D eigenvalue weighted by Crippen LogP contribution is -2.42. The highest BCUT2D eigenvalue weighted by Gasteiger charge is 2.40. The van der Waals surface area contributed by atoms with Crippen molar-refractivity contribution in [1.82, 2.24) is 9.80 Å². The highest BCUT2D eigenvalue weighted by Crippen LogP contribution is 2.39. The van der Waals surface area contributed by atoms with E-state index in [1.165, 1.54) is 0 Å². The Morgan fingerprint density at radius 2 is 0.773 bits per heavy atom. The molecule has 224 valence electrons. The maximum atomic E-state index is 14.0. The van der Waals surface area contributed by atoms with Gasteiger partial charge in [-0.15, -0.1) is 0 Å². The van der Waals surface area contributed by atoms with E-state index in [1.807, 2.05) is 0 Å². The van der Waals surface area contributed by atoms with Gasteiger partial charge in [-0.05, 0) is 71.8 Å². The Labute approximate surface area is 241 Å². The predicted molar refractivity (Wildman–Crippen MR) is 135 cm³/mol. The number of carbonyl (C=O) groups excluding carboxylic acids is 4. The van der Waals surface area contributed by atoms with E-state index in [1.54, 1.807) is 0 Å². The van der Waals surface area contributed by atoms with E-state index < -0.39 is 71.8 Å². The molecule has 0 spiro atoms. The van der Waals surface area contributed by atoms with Gasteiger partial charge < -0.3 is 0 Å². The van der Waals surface area contributed by atoms with Gasteiger partial charge in [-0.2, -0.15) is 26.3 Å². The van der Waals surface area contributed by atoms with Crippen molar-refractivity contribution < 1.29 is 54.3 Å². The number of amides is 4. The molecule has 44 heavy (non-hydrogen) atoms. The third kappa shape index (κ3) is 4.66. The smallest absolute Gasteiger partial charge is 0.270 e. The van der Waals surface area contributed by atoms with Crippen LogP contribution in [-0.2, 0) is 25.4 Å². The van der Waals surface area contributed by atoms with E-state index in [4.69, 9.17) is 0 Å². The fraction of sp³-hybridized carbons (Fsp3) is 0.133. The number of alkyl halides is 6. The molecule has 0 fully saturated rings. The molecule has 4 aromatic carbocycles. The van der Waals surface area contributed by atoms with Crippen molar-refractivity contribution in [2.75, 3.05) is 0 Å². The molecule has 2 aliphatic rings.